The highest BCUT2D eigenvalue weighted by molar-refractivity contribution is 5.26. The van der Waals surface area contributed by atoms with E-state index < -0.39 is 0 Å². The molecule has 0 aliphatic heterocycles. The van der Waals surface area contributed by atoms with E-state index in [0.717, 1.165) is 30.4 Å². The summed E-state index contributed by atoms with van der Waals surface area (Å²) in [5.74, 6) is 1.60. The van der Waals surface area contributed by atoms with E-state index in [9.17, 15) is 4.39 Å². The van der Waals surface area contributed by atoms with Gasteiger partial charge >= 0.3 is 0 Å². The molecule has 1 aliphatic carbocycles. The Morgan fingerprint density at radius 2 is 2.06 bits per heavy atom. The molecular formula is C16H24FN. The molecule has 1 nitrogen and oxygen atoms in total. The Balaban J connectivity index is 1.70. The molecule has 0 radical (unpaired) electrons. The topological polar surface area (TPSA) is 12.0 Å². The average molecular weight is 249 g/mol. The number of hydrogen-bond donors (Lipinski definition) is 1. The van der Waals surface area contributed by atoms with Crippen molar-refractivity contribution in [2.75, 3.05) is 6.54 Å². The van der Waals surface area contributed by atoms with Gasteiger partial charge in [0.2, 0.25) is 0 Å². The summed E-state index contributed by atoms with van der Waals surface area (Å²) in [6.07, 6.45) is 3.63. The summed E-state index contributed by atoms with van der Waals surface area (Å²) >= 11 is 0. The first kappa shape index (κ1) is 13.5. The second kappa shape index (κ2) is 5.83. The van der Waals surface area contributed by atoms with Crippen LogP contribution in [0, 0.1) is 24.6 Å². The van der Waals surface area contributed by atoms with E-state index in [4.69, 9.17) is 0 Å². The zero-order valence-electron chi connectivity index (χ0n) is 11.7. The average Bonchev–Trinajstić information content (AvgIpc) is 2.23. The van der Waals surface area contributed by atoms with Crippen LogP contribution in [0.25, 0.3) is 0 Å². The minimum Gasteiger partial charge on any atom is -0.314 e. The Bertz CT molecular complexity index is 394. The molecule has 0 aromatic heterocycles. The molecule has 1 saturated carbocycles. The third-order valence-corrected chi connectivity index (χ3v) is 4.25. The molecule has 0 bridgehead atoms. The van der Waals surface area contributed by atoms with Crippen LogP contribution in [0.15, 0.2) is 18.2 Å². The number of benzene rings is 1. The van der Waals surface area contributed by atoms with Crippen molar-refractivity contribution in [3.8, 4) is 0 Å². The van der Waals surface area contributed by atoms with Gasteiger partial charge < -0.3 is 5.32 Å². The Labute approximate surface area is 110 Å². The predicted octanol–water partition coefficient (Wildman–Crippen LogP) is 3.70. The Morgan fingerprint density at radius 3 is 2.67 bits per heavy atom. The highest BCUT2D eigenvalue weighted by atomic mass is 19.1. The molecule has 2 heteroatoms. The first-order valence-corrected chi connectivity index (χ1v) is 7.04. The summed E-state index contributed by atoms with van der Waals surface area (Å²) in [6, 6.07) is 5.79. The van der Waals surface area contributed by atoms with Gasteiger partial charge in [-0.15, -0.1) is 0 Å². The van der Waals surface area contributed by atoms with Crippen LogP contribution < -0.4 is 5.32 Å². The summed E-state index contributed by atoms with van der Waals surface area (Å²) in [5, 5.41) is 3.60. The van der Waals surface area contributed by atoms with Crippen molar-refractivity contribution in [1.29, 1.82) is 0 Å². The predicted molar refractivity (Wildman–Crippen MR) is 74.2 cm³/mol. The molecule has 1 aromatic carbocycles. The molecule has 1 aromatic rings. The lowest BCUT2D eigenvalue weighted by Crippen LogP contribution is -2.43. The molecule has 18 heavy (non-hydrogen) atoms. The van der Waals surface area contributed by atoms with E-state index in [2.05, 4.69) is 19.2 Å². The van der Waals surface area contributed by atoms with Gasteiger partial charge in [0.25, 0.3) is 0 Å². The fourth-order valence-corrected chi connectivity index (χ4v) is 2.72. The smallest absolute Gasteiger partial charge is 0.123 e. The molecule has 100 valence electrons. The number of nitrogens with one attached hydrogen (secondary N) is 1. The van der Waals surface area contributed by atoms with E-state index >= 15 is 0 Å². The van der Waals surface area contributed by atoms with Crippen LogP contribution in [0.5, 0.6) is 0 Å². The van der Waals surface area contributed by atoms with Gasteiger partial charge in [-0.05, 0) is 67.8 Å². The molecule has 0 atom stereocenters. The largest absolute Gasteiger partial charge is 0.314 e. The number of halogens is 1. The van der Waals surface area contributed by atoms with E-state index in [1.807, 2.05) is 13.0 Å². The summed E-state index contributed by atoms with van der Waals surface area (Å²) in [7, 11) is 0. The van der Waals surface area contributed by atoms with Crippen molar-refractivity contribution in [2.45, 2.75) is 46.1 Å². The molecule has 0 heterocycles. The lowest BCUT2D eigenvalue weighted by molar-refractivity contribution is 0.169. The molecule has 1 N–H and O–H groups in total. The summed E-state index contributed by atoms with van der Waals surface area (Å²) < 4.78 is 13.0. The molecule has 1 aliphatic rings. The fourth-order valence-electron chi connectivity index (χ4n) is 2.72. The highest BCUT2D eigenvalue weighted by Crippen LogP contribution is 2.33. The second-order valence-electron chi connectivity index (χ2n) is 5.95. The standard InChI is InChI=1S/C16H24FN/c1-11(2)14-9-16(10-14)18-7-6-13-4-5-15(17)8-12(13)3/h4-5,8,11,14,16,18H,6-7,9-10H2,1-3H3. The zero-order valence-corrected chi connectivity index (χ0v) is 11.7. The monoisotopic (exact) mass is 249 g/mol. The van der Waals surface area contributed by atoms with E-state index in [0.29, 0.717) is 6.04 Å². The summed E-state index contributed by atoms with van der Waals surface area (Å²) in [4.78, 5) is 0. The first-order chi connectivity index (χ1) is 8.56. The lowest BCUT2D eigenvalue weighted by Gasteiger charge is -2.38. The number of rotatable bonds is 5. The maximum absolute atomic E-state index is 13.0. The molecule has 0 amide bonds. The van der Waals surface area contributed by atoms with Crippen molar-refractivity contribution in [3.63, 3.8) is 0 Å². The van der Waals surface area contributed by atoms with Crippen molar-refractivity contribution >= 4 is 0 Å². The normalized spacial score (nSPS) is 23.2. The van der Waals surface area contributed by atoms with Crippen molar-refractivity contribution < 1.29 is 4.39 Å². The van der Waals surface area contributed by atoms with Crippen LogP contribution in [-0.2, 0) is 6.42 Å². The summed E-state index contributed by atoms with van der Waals surface area (Å²) in [6.45, 7) is 7.60. The van der Waals surface area contributed by atoms with E-state index in [1.165, 1.54) is 18.4 Å². The third kappa shape index (κ3) is 3.32. The van der Waals surface area contributed by atoms with Crippen molar-refractivity contribution in [3.05, 3.63) is 35.1 Å². The van der Waals surface area contributed by atoms with Crippen molar-refractivity contribution in [2.24, 2.45) is 11.8 Å². The molecular weight excluding hydrogens is 225 g/mol. The van der Waals surface area contributed by atoms with Gasteiger partial charge in [-0.2, -0.15) is 0 Å². The zero-order chi connectivity index (χ0) is 13.1. The lowest BCUT2D eigenvalue weighted by atomic mass is 9.73. The molecule has 0 unspecified atom stereocenters. The minimum absolute atomic E-state index is 0.136. The molecule has 1 fully saturated rings. The minimum atomic E-state index is -0.136. The van der Waals surface area contributed by atoms with Gasteiger partial charge in [0.1, 0.15) is 5.82 Å². The van der Waals surface area contributed by atoms with Crippen LogP contribution in [0.1, 0.15) is 37.8 Å². The summed E-state index contributed by atoms with van der Waals surface area (Å²) in [5.41, 5.74) is 2.31. The molecule has 0 spiro atoms. The van der Waals surface area contributed by atoms with Gasteiger partial charge in [-0.1, -0.05) is 19.9 Å². The highest BCUT2D eigenvalue weighted by Gasteiger charge is 2.30. The molecule has 2 rings (SSSR count). The van der Waals surface area contributed by atoms with Crippen LogP contribution >= 0.6 is 0 Å². The van der Waals surface area contributed by atoms with Gasteiger partial charge in [0.05, 0.1) is 0 Å². The van der Waals surface area contributed by atoms with Crippen molar-refractivity contribution in [1.82, 2.24) is 5.32 Å². The second-order valence-corrected chi connectivity index (χ2v) is 5.95. The number of aryl methyl sites for hydroxylation is 1. The van der Waals surface area contributed by atoms with E-state index in [1.54, 1.807) is 12.1 Å². The Morgan fingerprint density at radius 1 is 1.33 bits per heavy atom. The maximum Gasteiger partial charge on any atom is 0.123 e. The third-order valence-electron chi connectivity index (χ3n) is 4.25. The van der Waals surface area contributed by atoms with Crippen LogP contribution in [0.4, 0.5) is 4.39 Å². The Hall–Kier alpha value is -0.890. The van der Waals surface area contributed by atoms with Gasteiger partial charge in [0, 0.05) is 6.04 Å². The van der Waals surface area contributed by atoms with Crippen LogP contribution in [-0.4, -0.2) is 12.6 Å². The first-order valence-electron chi connectivity index (χ1n) is 7.04. The van der Waals surface area contributed by atoms with E-state index in [-0.39, 0.29) is 5.82 Å². The fraction of sp³-hybridized carbons (Fsp3) is 0.625. The van der Waals surface area contributed by atoms with Gasteiger partial charge in [-0.3, -0.25) is 0 Å². The van der Waals surface area contributed by atoms with Gasteiger partial charge in [0.15, 0.2) is 0 Å². The van der Waals surface area contributed by atoms with Gasteiger partial charge in [-0.25, -0.2) is 4.39 Å². The molecule has 0 saturated heterocycles. The SMILES string of the molecule is Cc1cc(F)ccc1CCNC1CC(C(C)C)C1. The van der Waals surface area contributed by atoms with Crippen LogP contribution in [0.3, 0.4) is 0 Å². The van der Waals surface area contributed by atoms with Crippen LogP contribution in [0.2, 0.25) is 0 Å². The Kier molecular flexibility index (Phi) is 4.39. The number of hydrogen-bond acceptors (Lipinski definition) is 1. The maximum atomic E-state index is 13.0. The quantitative estimate of drug-likeness (QED) is 0.839.